The summed E-state index contributed by atoms with van der Waals surface area (Å²) in [6, 6.07) is 3.81. The van der Waals surface area contributed by atoms with Gasteiger partial charge in [0, 0.05) is 0 Å². The molecule has 15 heavy (non-hydrogen) atoms. The summed E-state index contributed by atoms with van der Waals surface area (Å²) < 4.78 is 4.62. The van der Waals surface area contributed by atoms with Gasteiger partial charge in [0.2, 0.25) is 0 Å². The number of esters is 1. The molecule has 0 saturated heterocycles. The number of carbonyl (C=O) groups is 2. The van der Waals surface area contributed by atoms with E-state index in [0.29, 0.717) is 5.56 Å². The Morgan fingerprint density at radius 3 is 2.00 bits per heavy atom. The molecular weight excluding hydrogens is 207 g/mol. The molecule has 0 unspecified atom stereocenters. The van der Waals surface area contributed by atoms with Gasteiger partial charge in [-0.05, 0) is 31.9 Å². The van der Waals surface area contributed by atoms with Crippen LogP contribution in [0.4, 0.5) is 4.79 Å². The van der Waals surface area contributed by atoms with Crippen LogP contribution in [0.1, 0.15) is 27.0 Å². The minimum absolute atomic E-state index is 0.230. The van der Waals surface area contributed by atoms with Gasteiger partial charge in [-0.2, -0.15) is 0 Å². The smallest absolute Gasteiger partial charge is 0.389 e. The Kier molecular flexibility index (Phi) is 3.68. The quantitative estimate of drug-likeness (QED) is 0.409. The predicted octanol–water partition coefficient (Wildman–Crippen LogP) is 1.52. The van der Waals surface area contributed by atoms with Crippen LogP contribution >= 0.6 is 0 Å². The summed E-state index contributed by atoms with van der Waals surface area (Å²) in [6.07, 6.45) is 0. The number of carbonyl (C=O) groups excluding carboxylic acids is 2. The van der Waals surface area contributed by atoms with Crippen LogP contribution in [-0.4, -0.2) is 27.1 Å². The highest BCUT2D eigenvalue weighted by atomic mass is 27.0. The van der Waals surface area contributed by atoms with Gasteiger partial charge in [-0.15, -0.1) is 0 Å². The third kappa shape index (κ3) is 2.92. The third-order valence-corrected chi connectivity index (χ3v) is 2.32. The lowest BCUT2D eigenvalue weighted by atomic mass is 10.0. The first-order valence-corrected chi connectivity index (χ1v) is 5.72. The molecule has 0 atom stereocenters. The molecule has 3 nitrogen and oxygen atoms in total. The zero-order valence-electron chi connectivity index (χ0n) is 9.38. The van der Waals surface area contributed by atoms with Crippen LogP contribution in [0.25, 0.3) is 0 Å². The second kappa shape index (κ2) is 4.61. The summed E-state index contributed by atoms with van der Waals surface area (Å²) in [6.45, 7) is 5.65. The number of ether oxygens (including phenoxy) is 1. The van der Waals surface area contributed by atoms with Crippen molar-refractivity contribution in [2.75, 3.05) is 0 Å². The van der Waals surface area contributed by atoms with Crippen molar-refractivity contribution >= 4 is 27.1 Å². The van der Waals surface area contributed by atoms with Crippen LogP contribution in [0.15, 0.2) is 12.1 Å². The van der Waals surface area contributed by atoms with Gasteiger partial charge in [-0.3, -0.25) is 4.79 Å². The Morgan fingerprint density at radius 1 is 1.13 bits per heavy atom. The molecular formula is C11H13AlO3. The van der Waals surface area contributed by atoms with E-state index in [0.717, 1.165) is 16.7 Å². The molecule has 78 valence electrons. The monoisotopic (exact) mass is 220 g/mol. The molecule has 0 radical (unpaired) electrons. The molecule has 4 heteroatoms. The first kappa shape index (κ1) is 12.0. The topological polar surface area (TPSA) is 43.4 Å². The Morgan fingerprint density at radius 2 is 1.60 bits per heavy atom. The largest absolute Gasteiger partial charge is 0.409 e. The van der Waals surface area contributed by atoms with Crippen molar-refractivity contribution in [3.8, 4) is 0 Å². The lowest BCUT2D eigenvalue weighted by Gasteiger charge is -2.09. The molecule has 0 fully saturated rings. The number of rotatable bonds is 1. The van der Waals surface area contributed by atoms with Crippen molar-refractivity contribution < 1.29 is 14.3 Å². The summed E-state index contributed by atoms with van der Waals surface area (Å²) in [5, 5.41) is 0. The van der Waals surface area contributed by atoms with Gasteiger partial charge in [-0.1, -0.05) is 17.7 Å². The maximum atomic E-state index is 11.6. The molecule has 1 aromatic rings. The Labute approximate surface area is 96.9 Å². The Bertz CT molecular complexity index is 401. The van der Waals surface area contributed by atoms with Gasteiger partial charge in [-0.25, -0.2) is 4.79 Å². The van der Waals surface area contributed by atoms with Gasteiger partial charge in [0.1, 0.15) is 0 Å². The minimum Gasteiger partial charge on any atom is -0.409 e. The van der Waals surface area contributed by atoms with E-state index < -0.39 is 10.8 Å². The molecule has 0 aromatic heterocycles. The molecule has 0 aliphatic heterocycles. The predicted molar refractivity (Wildman–Crippen MR) is 60.0 cm³/mol. The fraction of sp³-hybridized carbons (Fsp3) is 0.273. The maximum Gasteiger partial charge on any atom is 0.389 e. The normalized spacial score (nSPS) is 9.80. The highest BCUT2D eigenvalue weighted by molar-refractivity contribution is 6.56. The summed E-state index contributed by atoms with van der Waals surface area (Å²) in [5.74, 6) is -0.537. The van der Waals surface area contributed by atoms with Crippen LogP contribution in [0.2, 0.25) is 0 Å². The van der Waals surface area contributed by atoms with Crippen molar-refractivity contribution in [3.63, 3.8) is 0 Å². The van der Waals surface area contributed by atoms with Gasteiger partial charge in [0.05, 0.1) is 5.56 Å². The van der Waals surface area contributed by atoms with Crippen molar-refractivity contribution in [1.29, 1.82) is 0 Å². The van der Waals surface area contributed by atoms with Gasteiger partial charge < -0.3 is 4.74 Å². The summed E-state index contributed by atoms with van der Waals surface area (Å²) >= 11 is 0.230. The Hall–Kier alpha value is -1.11. The molecule has 0 amide bonds. The molecule has 1 aromatic carbocycles. The van der Waals surface area contributed by atoms with Gasteiger partial charge >= 0.3 is 22.3 Å². The van der Waals surface area contributed by atoms with Crippen molar-refractivity contribution in [1.82, 2.24) is 0 Å². The first-order chi connectivity index (χ1) is 6.91. The van der Waals surface area contributed by atoms with Crippen LogP contribution in [0, 0.1) is 20.8 Å². The van der Waals surface area contributed by atoms with E-state index in [-0.39, 0.29) is 16.3 Å². The third-order valence-electron chi connectivity index (χ3n) is 2.12. The zero-order chi connectivity index (χ0) is 11.6. The van der Waals surface area contributed by atoms with E-state index in [9.17, 15) is 9.59 Å². The van der Waals surface area contributed by atoms with Crippen molar-refractivity contribution in [2.45, 2.75) is 20.8 Å². The van der Waals surface area contributed by atoms with Gasteiger partial charge in [0.25, 0.3) is 0 Å². The van der Waals surface area contributed by atoms with E-state index in [2.05, 4.69) is 4.74 Å². The fourth-order valence-electron chi connectivity index (χ4n) is 1.68. The highest BCUT2D eigenvalue weighted by Crippen LogP contribution is 2.17. The summed E-state index contributed by atoms with van der Waals surface area (Å²) in [7, 11) is 0. The van der Waals surface area contributed by atoms with Crippen molar-refractivity contribution in [2.24, 2.45) is 0 Å². The fourth-order valence-corrected chi connectivity index (χ4v) is 1.87. The summed E-state index contributed by atoms with van der Waals surface area (Å²) in [5.41, 5.74) is 3.30. The maximum absolute atomic E-state index is 11.6. The second-order valence-corrected chi connectivity index (χ2v) is 4.47. The lowest BCUT2D eigenvalue weighted by molar-refractivity contribution is 0.0660. The SMILES string of the molecule is Cc1cc(C)c(C(=O)O[C](=O)[AlH2])c(C)c1. The van der Waals surface area contributed by atoms with Gasteiger partial charge in [0.15, 0.2) is 4.83 Å². The average molecular weight is 220 g/mol. The molecule has 0 N–H and O–H groups in total. The number of hydrogen-bond acceptors (Lipinski definition) is 3. The average Bonchev–Trinajstić information content (AvgIpc) is 1.99. The summed E-state index contributed by atoms with van der Waals surface area (Å²) in [4.78, 5) is 21.9. The van der Waals surface area contributed by atoms with Crippen LogP contribution in [0.3, 0.4) is 0 Å². The van der Waals surface area contributed by atoms with Crippen molar-refractivity contribution in [3.05, 3.63) is 34.4 Å². The molecule has 0 spiro atoms. The van der Waals surface area contributed by atoms with Crippen LogP contribution in [0.5, 0.6) is 0 Å². The van der Waals surface area contributed by atoms with E-state index in [1.54, 1.807) is 0 Å². The molecule has 0 bridgehead atoms. The lowest BCUT2D eigenvalue weighted by Crippen LogP contribution is -2.13. The number of hydrogen-bond donors (Lipinski definition) is 0. The number of benzene rings is 1. The molecule has 0 aliphatic rings. The van der Waals surface area contributed by atoms with Crippen LogP contribution in [-0.2, 0) is 4.74 Å². The molecule has 0 saturated carbocycles. The van der Waals surface area contributed by atoms with E-state index >= 15 is 0 Å². The highest BCUT2D eigenvalue weighted by Gasteiger charge is 2.15. The minimum atomic E-state index is -0.537. The second-order valence-electron chi connectivity index (χ2n) is 3.65. The Balaban J connectivity index is 3.14. The first-order valence-electron chi connectivity index (χ1n) is 4.72. The van der Waals surface area contributed by atoms with E-state index in [4.69, 9.17) is 0 Å². The number of aryl methyl sites for hydroxylation is 3. The molecule has 0 aliphatic carbocycles. The molecule has 1 rings (SSSR count). The van der Waals surface area contributed by atoms with E-state index in [1.807, 2.05) is 32.9 Å². The zero-order valence-corrected chi connectivity index (χ0v) is 11.4. The molecule has 0 heterocycles. The van der Waals surface area contributed by atoms with Crippen LogP contribution < -0.4 is 0 Å². The van der Waals surface area contributed by atoms with E-state index in [1.165, 1.54) is 0 Å². The standard InChI is InChI=1S/C11H11O3.Al.2H/c1-7-4-8(2)10(9(3)5-7)11(13)14-6-12;;;/h4-5H,1-3H3;;;.